The van der Waals surface area contributed by atoms with Crippen LogP contribution in [0.4, 0.5) is 0 Å². The van der Waals surface area contributed by atoms with Crippen LogP contribution in [-0.2, 0) is 4.79 Å². The number of carboxylic acids is 1. The van der Waals surface area contributed by atoms with Crippen molar-refractivity contribution in [3.8, 4) is 11.5 Å². The molecule has 0 aromatic heterocycles. The Morgan fingerprint density at radius 2 is 1.59 bits per heavy atom. The van der Waals surface area contributed by atoms with Gasteiger partial charge in [0.25, 0.3) is 5.97 Å². The van der Waals surface area contributed by atoms with Crippen molar-refractivity contribution in [2.75, 3.05) is 0 Å². The zero-order valence-corrected chi connectivity index (χ0v) is 9.64. The minimum absolute atomic E-state index is 0.214. The molecule has 0 aliphatic carbocycles. The number of hydrogen-bond acceptors (Lipinski definition) is 3. The summed E-state index contributed by atoms with van der Waals surface area (Å²) in [6, 6.07) is 8.80. The maximum atomic E-state index is 9.67. The number of carboxylic acid groups (broad SMARTS) is 1. The SMILES string of the molecule is CC(=O)O.Cc1cc(O)c2ccccc2c1O. The molecule has 0 aliphatic heterocycles. The Labute approximate surface area is 98.8 Å². The number of hydrogen-bond donors (Lipinski definition) is 3. The highest BCUT2D eigenvalue weighted by atomic mass is 16.4. The number of rotatable bonds is 0. The molecule has 90 valence electrons. The number of carbonyl (C=O) groups is 1. The Kier molecular flexibility index (Phi) is 3.93. The van der Waals surface area contributed by atoms with Gasteiger partial charge >= 0.3 is 0 Å². The number of aromatic hydroxyl groups is 2. The van der Waals surface area contributed by atoms with Crippen molar-refractivity contribution < 1.29 is 20.1 Å². The van der Waals surface area contributed by atoms with Crippen LogP contribution in [0.2, 0.25) is 0 Å². The van der Waals surface area contributed by atoms with Gasteiger partial charge in [0, 0.05) is 17.7 Å². The van der Waals surface area contributed by atoms with Gasteiger partial charge in [0.15, 0.2) is 0 Å². The van der Waals surface area contributed by atoms with E-state index in [4.69, 9.17) is 9.90 Å². The lowest BCUT2D eigenvalue weighted by atomic mass is 10.1. The predicted molar refractivity (Wildman–Crippen MR) is 65.3 cm³/mol. The first-order valence-corrected chi connectivity index (χ1v) is 5.03. The third-order valence-electron chi connectivity index (χ3n) is 2.18. The summed E-state index contributed by atoms with van der Waals surface area (Å²) < 4.78 is 0. The zero-order valence-electron chi connectivity index (χ0n) is 9.64. The van der Waals surface area contributed by atoms with Gasteiger partial charge in [-0.2, -0.15) is 0 Å². The summed E-state index contributed by atoms with van der Waals surface area (Å²) in [6.45, 7) is 2.85. The molecule has 17 heavy (non-hydrogen) atoms. The van der Waals surface area contributed by atoms with E-state index in [2.05, 4.69) is 0 Å². The third-order valence-corrected chi connectivity index (χ3v) is 2.18. The van der Waals surface area contributed by atoms with Crippen LogP contribution < -0.4 is 0 Å². The summed E-state index contributed by atoms with van der Waals surface area (Å²) in [5.41, 5.74) is 0.691. The molecule has 0 atom stereocenters. The summed E-state index contributed by atoms with van der Waals surface area (Å²) >= 11 is 0. The summed E-state index contributed by atoms with van der Waals surface area (Å²) in [4.78, 5) is 9.00. The summed E-state index contributed by atoms with van der Waals surface area (Å²) in [7, 11) is 0. The van der Waals surface area contributed by atoms with Gasteiger partial charge in [0.05, 0.1) is 0 Å². The van der Waals surface area contributed by atoms with Gasteiger partial charge in [-0.15, -0.1) is 0 Å². The number of aryl methyl sites for hydroxylation is 1. The lowest BCUT2D eigenvalue weighted by Gasteiger charge is -2.05. The van der Waals surface area contributed by atoms with Gasteiger partial charge in [-0.25, -0.2) is 0 Å². The van der Waals surface area contributed by atoms with Crippen LogP contribution >= 0.6 is 0 Å². The fourth-order valence-electron chi connectivity index (χ4n) is 1.48. The molecule has 2 rings (SSSR count). The standard InChI is InChI=1S/C11H10O2.C2H4O2/c1-7-6-10(12)8-4-2-3-5-9(8)11(7)13;1-2(3)4/h2-6,12-13H,1H3;1H3,(H,3,4). The highest BCUT2D eigenvalue weighted by Crippen LogP contribution is 2.34. The van der Waals surface area contributed by atoms with Crippen molar-refractivity contribution in [3.05, 3.63) is 35.9 Å². The Morgan fingerprint density at radius 1 is 1.12 bits per heavy atom. The zero-order chi connectivity index (χ0) is 13.0. The second kappa shape index (κ2) is 5.21. The molecule has 0 heterocycles. The van der Waals surface area contributed by atoms with E-state index in [1.54, 1.807) is 25.1 Å². The number of phenolic OH excluding ortho intramolecular Hbond substituents is 2. The van der Waals surface area contributed by atoms with E-state index in [1.165, 1.54) is 0 Å². The van der Waals surface area contributed by atoms with Crippen LogP contribution in [0.25, 0.3) is 10.8 Å². The molecule has 0 fully saturated rings. The van der Waals surface area contributed by atoms with Gasteiger partial charge in [0.2, 0.25) is 0 Å². The molecule has 0 saturated carbocycles. The van der Waals surface area contributed by atoms with Crippen LogP contribution in [0, 0.1) is 6.92 Å². The van der Waals surface area contributed by atoms with Crippen LogP contribution in [0.15, 0.2) is 30.3 Å². The summed E-state index contributed by atoms with van der Waals surface area (Å²) in [5.74, 6) is -0.376. The van der Waals surface area contributed by atoms with Crippen LogP contribution in [0.5, 0.6) is 11.5 Å². The second-order valence-electron chi connectivity index (χ2n) is 3.63. The van der Waals surface area contributed by atoms with E-state index in [0.717, 1.165) is 6.92 Å². The fourth-order valence-corrected chi connectivity index (χ4v) is 1.48. The number of aliphatic carboxylic acids is 1. The third kappa shape index (κ3) is 3.11. The van der Waals surface area contributed by atoms with Gasteiger partial charge in [-0.1, -0.05) is 24.3 Å². The molecular formula is C13H14O4. The Balaban J connectivity index is 0.000000317. The summed E-state index contributed by atoms with van der Waals surface area (Å²) in [6.07, 6.45) is 0. The number of benzene rings is 2. The summed E-state index contributed by atoms with van der Waals surface area (Å²) in [5, 5.41) is 28.0. The minimum atomic E-state index is -0.833. The van der Waals surface area contributed by atoms with Gasteiger partial charge in [0.1, 0.15) is 11.5 Å². The Hall–Kier alpha value is -2.23. The number of fused-ring (bicyclic) bond motifs is 1. The van der Waals surface area contributed by atoms with E-state index >= 15 is 0 Å². The lowest BCUT2D eigenvalue weighted by Crippen LogP contribution is -1.79. The molecule has 0 unspecified atom stereocenters. The second-order valence-corrected chi connectivity index (χ2v) is 3.63. The van der Waals surface area contributed by atoms with E-state index < -0.39 is 5.97 Å². The van der Waals surface area contributed by atoms with Crippen LogP contribution in [0.1, 0.15) is 12.5 Å². The van der Waals surface area contributed by atoms with Gasteiger partial charge < -0.3 is 15.3 Å². The molecule has 0 saturated heterocycles. The van der Waals surface area contributed by atoms with Crippen LogP contribution in [-0.4, -0.2) is 21.3 Å². The average molecular weight is 234 g/mol. The molecule has 0 spiro atoms. The van der Waals surface area contributed by atoms with E-state index in [-0.39, 0.29) is 11.5 Å². The Morgan fingerprint density at radius 3 is 2.12 bits per heavy atom. The maximum absolute atomic E-state index is 9.67. The monoisotopic (exact) mass is 234 g/mol. The van der Waals surface area contributed by atoms with Crippen molar-refractivity contribution in [2.45, 2.75) is 13.8 Å². The molecule has 0 amide bonds. The van der Waals surface area contributed by atoms with Gasteiger partial charge in [-0.05, 0) is 18.6 Å². The first-order chi connectivity index (χ1) is 7.93. The lowest BCUT2D eigenvalue weighted by molar-refractivity contribution is -0.134. The van der Waals surface area contributed by atoms with Crippen molar-refractivity contribution in [1.82, 2.24) is 0 Å². The topological polar surface area (TPSA) is 77.8 Å². The number of phenols is 2. The minimum Gasteiger partial charge on any atom is -0.507 e. The quantitative estimate of drug-likeness (QED) is 0.612. The van der Waals surface area contributed by atoms with E-state index in [1.807, 2.05) is 12.1 Å². The maximum Gasteiger partial charge on any atom is 0.300 e. The molecule has 0 aliphatic rings. The van der Waals surface area contributed by atoms with E-state index in [0.29, 0.717) is 16.3 Å². The highest BCUT2D eigenvalue weighted by molar-refractivity contribution is 5.93. The van der Waals surface area contributed by atoms with Crippen LogP contribution in [0.3, 0.4) is 0 Å². The van der Waals surface area contributed by atoms with E-state index in [9.17, 15) is 10.2 Å². The first kappa shape index (κ1) is 12.8. The highest BCUT2D eigenvalue weighted by Gasteiger charge is 2.06. The van der Waals surface area contributed by atoms with Crippen molar-refractivity contribution in [3.63, 3.8) is 0 Å². The molecular weight excluding hydrogens is 220 g/mol. The van der Waals surface area contributed by atoms with Crippen molar-refractivity contribution in [2.24, 2.45) is 0 Å². The molecule has 4 heteroatoms. The smallest absolute Gasteiger partial charge is 0.300 e. The molecule has 4 nitrogen and oxygen atoms in total. The van der Waals surface area contributed by atoms with Crippen molar-refractivity contribution >= 4 is 16.7 Å². The fraction of sp³-hybridized carbons (Fsp3) is 0.154. The molecule has 0 radical (unpaired) electrons. The first-order valence-electron chi connectivity index (χ1n) is 5.03. The Bertz CT molecular complexity index is 542. The predicted octanol–water partition coefficient (Wildman–Crippen LogP) is 2.65. The molecule has 3 N–H and O–H groups in total. The average Bonchev–Trinajstić information content (AvgIpc) is 2.25. The largest absolute Gasteiger partial charge is 0.507 e. The normalized spacial score (nSPS) is 9.53. The van der Waals surface area contributed by atoms with Crippen molar-refractivity contribution in [1.29, 1.82) is 0 Å². The van der Waals surface area contributed by atoms with Gasteiger partial charge in [-0.3, -0.25) is 4.79 Å². The molecule has 2 aromatic carbocycles. The molecule has 2 aromatic rings. The molecule has 0 bridgehead atoms.